The molecule has 0 fully saturated rings. The van der Waals surface area contributed by atoms with Crippen LogP contribution in [0.1, 0.15) is 25.3 Å². The summed E-state index contributed by atoms with van der Waals surface area (Å²) in [6.07, 6.45) is 0. The summed E-state index contributed by atoms with van der Waals surface area (Å²) in [6, 6.07) is 6.27. The van der Waals surface area contributed by atoms with Gasteiger partial charge in [0.1, 0.15) is 5.78 Å². The van der Waals surface area contributed by atoms with Crippen LogP contribution in [-0.2, 0) is 14.8 Å². The fourth-order valence-corrected chi connectivity index (χ4v) is 2.16. The predicted molar refractivity (Wildman–Crippen MR) is 56.9 cm³/mol. The van der Waals surface area contributed by atoms with Crippen LogP contribution in [0.3, 0.4) is 0 Å². The molecule has 0 spiro atoms. The minimum atomic E-state index is -3.76. The second-order valence-electron chi connectivity index (χ2n) is 3.42. The van der Waals surface area contributed by atoms with E-state index < -0.39 is 15.9 Å². The van der Waals surface area contributed by atoms with Crippen LogP contribution in [0.25, 0.3) is 0 Å². The van der Waals surface area contributed by atoms with E-state index in [2.05, 4.69) is 0 Å². The molecule has 0 radical (unpaired) electrons. The molecular weight excluding hydrogens is 214 g/mol. The summed E-state index contributed by atoms with van der Waals surface area (Å²) in [4.78, 5) is 11.2. The van der Waals surface area contributed by atoms with E-state index in [9.17, 15) is 13.2 Å². The maximum Gasteiger partial charge on any atom is 0.238 e. The van der Waals surface area contributed by atoms with Crippen LogP contribution in [0, 0.1) is 0 Å². The van der Waals surface area contributed by atoms with E-state index in [4.69, 9.17) is 5.14 Å². The van der Waals surface area contributed by atoms with Gasteiger partial charge in [-0.15, -0.1) is 0 Å². The molecule has 0 aliphatic heterocycles. The van der Waals surface area contributed by atoms with Crippen LogP contribution < -0.4 is 5.14 Å². The molecule has 82 valence electrons. The Morgan fingerprint density at radius 2 is 1.87 bits per heavy atom. The van der Waals surface area contributed by atoms with Gasteiger partial charge in [0.2, 0.25) is 10.0 Å². The van der Waals surface area contributed by atoms with Crippen LogP contribution in [0.4, 0.5) is 0 Å². The SMILES string of the molecule is CC(=O)C(C)c1ccccc1S(N)(=O)=O. The number of carbonyl (C=O) groups is 1. The Morgan fingerprint density at radius 3 is 2.33 bits per heavy atom. The first-order valence-electron chi connectivity index (χ1n) is 4.46. The molecule has 0 aliphatic rings. The van der Waals surface area contributed by atoms with Crippen molar-refractivity contribution in [2.75, 3.05) is 0 Å². The summed E-state index contributed by atoms with van der Waals surface area (Å²) >= 11 is 0. The van der Waals surface area contributed by atoms with Crippen LogP contribution in [-0.4, -0.2) is 14.2 Å². The van der Waals surface area contributed by atoms with Gasteiger partial charge < -0.3 is 0 Å². The summed E-state index contributed by atoms with van der Waals surface area (Å²) in [5.74, 6) is -0.550. The van der Waals surface area contributed by atoms with Crippen molar-refractivity contribution < 1.29 is 13.2 Å². The van der Waals surface area contributed by atoms with Gasteiger partial charge in [-0.1, -0.05) is 25.1 Å². The second-order valence-corrected chi connectivity index (χ2v) is 4.95. The third-order valence-electron chi connectivity index (χ3n) is 2.30. The van der Waals surface area contributed by atoms with Gasteiger partial charge in [0.25, 0.3) is 0 Å². The van der Waals surface area contributed by atoms with Crippen molar-refractivity contribution in [1.82, 2.24) is 0 Å². The Balaban J connectivity index is 3.37. The standard InChI is InChI=1S/C10H13NO3S/c1-7(8(2)12)9-5-3-4-6-10(9)15(11,13)14/h3-7H,1-2H3,(H2,11,13,14). The van der Waals surface area contributed by atoms with Crippen molar-refractivity contribution in [3.8, 4) is 0 Å². The molecule has 1 atom stereocenters. The van der Waals surface area contributed by atoms with E-state index in [0.29, 0.717) is 5.56 Å². The van der Waals surface area contributed by atoms with Crippen molar-refractivity contribution in [2.45, 2.75) is 24.7 Å². The number of primary sulfonamides is 1. The van der Waals surface area contributed by atoms with E-state index in [-0.39, 0.29) is 10.7 Å². The Labute approximate surface area is 89.2 Å². The fourth-order valence-electron chi connectivity index (χ4n) is 1.32. The Morgan fingerprint density at radius 1 is 1.33 bits per heavy atom. The molecule has 0 aliphatic carbocycles. The number of sulfonamides is 1. The molecule has 0 amide bonds. The first kappa shape index (κ1) is 11.9. The monoisotopic (exact) mass is 227 g/mol. The predicted octanol–water partition coefficient (Wildman–Crippen LogP) is 1.03. The molecule has 1 rings (SSSR count). The minimum absolute atomic E-state index is 0.0210. The van der Waals surface area contributed by atoms with E-state index in [0.717, 1.165) is 0 Å². The van der Waals surface area contributed by atoms with Crippen molar-refractivity contribution in [2.24, 2.45) is 5.14 Å². The molecule has 1 aromatic carbocycles. The molecule has 0 aromatic heterocycles. The topological polar surface area (TPSA) is 77.2 Å². The number of Topliss-reactive ketones (excluding diaryl/α,β-unsaturated/α-hetero) is 1. The number of hydrogen-bond donors (Lipinski definition) is 1. The molecule has 4 nitrogen and oxygen atoms in total. The van der Waals surface area contributed by atoms with Gasteiger partial charge >= 0.3 is 0 Å². The maximum absolute atomic E-state index is 11.2. The fraction of sp³-hybridized carbons (Fsp3) is 0.300. The molecule has 0 saturated carbocycles. The van der Waals surface area contributed by atoms with E-state index in [1.807, 2.05) is 0 Å². The van der Waals surface area contributed by atoms with E-state index in [1.54, 1.807) is 25.1 Å². The summed E-state index contributed by atoms with van der Waals surface area (Å²) in [7, 11) is -3.76. The van der Waals surface area contributed by atoms with Gasteiger partial charge in [-0.25, -0.2) is 13.6 Å². The molecular formula is C10H13NO3S. The summed E-state index contributed by atoms with van der Waals surface area (Å²) < 4.78 is 22.5. The van der Waals surface area contributed by atoms with Crippen LogP contribution in [0.15, 0.2) is 29.2 Å². The highest BCUT2D eigenvalue weighted by molar-refractivity contribution is 7.89. The molecule has 1 aromatic rings. The van der Waals surface area contributed by atoms with Crippen LogP contribution in [0.2, 0.25) is 0 Å². The number of hydrogen-bond acceptors (Lipinski definition) is 3. The van der Waals surface area contributed by atoms with Crippen molar-refractivity contribution in [3.63, 3.8) is 0 Å². The lowest BCUT2D eigenvalue weighted by molar-refractivity contribution is -0.118. The van der Waals surface area contributed by atoms with Gasteiger partial charge in [-0.3, -0.25) is 4.79 Å². The number of ketones is 1. The van der Waals surface area contributed by atoms with Crippen LogP contribution >= 0.6 is 0 Å². The largest absolute Gasteiger partial charge is 0.299 e. The molecule has 0 bridgehead atoms. The minimum Gasteiger partial charge on any atom is -0.299 e. The lowest BCUT2D eigenvalue weighted by Gasteiger charge is -2.11. The normalized spacial score (nSPS) is 13.5. The smallest absolute Gasteiger partial charge is 0.238 e. The summed E-state index contributed by atoms with van der Waals surface area (Å²) in [5.41, 5.74) is 0.451. The van der Waals surface area contributed by atoms with Gasteiger partial charge in [-0.2, -0.15) is 0 Å². The molecule has 2 N–H and O–H groups in total. The lowest BCUT2D eigenvalue weighted by atomic mass is 9.98. The van der Waals surface area contributed by atoms with Crippen molar-refractivity contribution >= 4 is 15.8 Å². The van der Waals surface area contributed by atoms with E-state index >= 15 is 0 Å². The van der Waals surface area contributed by atoms with Gasteiger partial charge in [0, 0.05) is 5.92 Å². The molecule has 5 heteroatoms. The number of rotatable bonds is 3. The lowest BCUT2D eigenvalue weighted by Crippen LogP contribution is -2.17. The highest BCUT2D eigenvalue weighted by atomic mass is 32.2. The first-order valence-corrected chi connectivity index (χ1v) is 6.01. The molecule has 1 unspecified atom stereocenters. The zero-order valence-corrected chi connectivity index (χ0v) is 9.41. The summed E-state index contributed by atoms with van der Waals surface area (Å²) in [6.45, 7) is 3.08. The third-order valence-corrected chi connectivity index (χ3v) is 3.29. The molecule has 0 heterocycles. The maximum atomic E-state index is 11.2. The average molecular weight is 227 g/mol. The number of benzene rings is 1. The first-order chi connectivity index (χ1) is 6.84. The van der Waals surface area contributed by atoms with Gasteiger partial charge in [0.05, 0.1) is 4.90 Å². The number of nitrogens with two attached hydrogens (primary N) is 1. The quantitative estimate of drug-likeness (QED) is 0.837. The van der Waals surface area contributed by atoms with Crippen LogP contribution in [0.5, 0.6) is 0 Å². The third kappa shape index (κ3) is 2.64. The molecule has 15 heavy (non-hydrogen) atoms. The van der Waals surface area contributed by atoms with Crippen molar-refractivity contribution in [3.05, 3.63) is 29.8 Å². The van der Waals surface area contributed by atoms with Crippen molar-refractivity contribution in [1.29, 1.82) is 0 Å². The highest BCUT2D eigenvalue weighted by Gasteiger charge is 2.19. The Hall–Kier alpha value is -1.20. The zero-order valence-electron chi connectivity index (χ0n) is 8.60. The highest BCUT2D eigenvalue weighted by Crippen LogP contribution is 2.23. The Kier molecular flexibility index (Phi) is 3.26. The number of carbonyl (C=O) groups excluding carboxylic acids is 1. The second kappa shape index (κ2) is 4.12. The van der Waals surface area contributed by atoms with E-state index in [1.165, 1.54) is 13.0 Å². The molecule has 0 saturated heterocycles. The summed E-state index contributed by atoms with van der Waals surface area (Å²) in [5, 5.41) is 5.06. The van der Waals surface area contributed by atoms with Gasteiger partial charge in [0.15, 0.2) is 0 Å². The zero-order chi connectivity index (χ0) is 11.6. The Bertz CT molecular complexity index is 479. The average Bonchev–Trinajstić information content (AvgIpc) is 2.15. The van der Waals surface area contributed by atoms with Gasteiger partial charge in [-0.05, 0) is 18.6 Å².